The summed E-state index contributed by atoms with van der Waals surface area (Å²) >= 11 is 0. The van der Waals surface area contributed by atoms with E-state index in [0.29, 0.717) is 5.57 Å². The zero-order chi connectivity index (χ0) is 16.9. The van der Waals surface area contributed by atoms with Gasteiger partial charge in [-0.05, 0) is 27.7 Å². The maximum Gasteiger partial charge on any atom is 0.328 e. The van der Waals surface area contributed by atoms with E-state index in [1.807, 2.05) is 54.6 Å². The number of allylic oxidation sites excluding steroid dienone is 2. The minimum absolute atomic E-state index is 0.0785. The van der Waals surface area contributed by atoms with Crippen molar-refractivity contribution in [2.24, 2.45) is 0 Å². The van der Waals surface area contributed by atoms with Gasteiger partial charge in [-0.25, -0.2) is 4.79 Å². The quantitative estimate of drug-likeness (QED) is 0.625. The smallest absolute Gasteiger partial charge is 0.328 e. The SMILES string of the molecule is CC(C)(C)c1ccc(C(=C\C(=O)O)/C=C/c2ccccc2)cc1. The normalized spacial score (nSPS) is 12.6. The minimum atomic E-state index is -0.947. The van der Waals surface area contributed by atoms with Crippen molar-refractivity contribution in [2.45, 2.75) is 26.2 Å². The molecule has 0 aliphatic heterocycles. The average Bonchev–Trinajstić information content (AvgIpc) is 2.51. The van der Waals surface area contributed by atoms with Gasteiger partial charge in [0.15, 0.2) is 0 Å². The van der Waals surface area contributed by atoms with Gasteiger partial charge in [-0.1, -0.05) is 87.5 Å². The van der Waals surface area contributed by atoms with Gasteiger partial charge in [-0.3, -0.25) is 0 Å². The van der Waals surface area contributed by atoms with Gasteiger partial charge in [0.25, 0.3) is 0 Å². The predicted molar refractivity (Wildman–Crippen MR) is 96.2 cm³/mol. The molecule has 23 heavy (non-hydrogen) atoms. The maximum absolute atomic E-state index is 11.1. The van der Waals surface area contributed by atoms with E-state index >= 15 is 0 Å². The van der Waals surface area contributed by atoms with Crippen LogP contribution in [0.5, 0.6) is 0 Å². The number of hydrogen-bond donors (Lipinski definition) is 1. The van der Waals surface area contributed by atoms with E-state index in [1.54, 1.807) is 0 Å². The van der Waals surface area contributed by atoms with Gasteiger partial charge in [-0.15, -0.1) is 0 Å². The molecule has 0 amide bonds. The van der Waals surface area contributed by atoms with Gasteiger partial charge in [0, 0.05) is 6.08 Å². The fourth-order valence-corrected chi connectivity index (χ4v) is 2.27. The summed E-state index contributed by atoms with van der Waals surface area (Å²) in [6.07, 6.45) is 5.01. The third-order valence-electron chi connectivity index (χ3n) is 3.62. The van der Waals surface area contributed by atoms with Crippen LogP contribution in [0, 0.1) is 0 Å². The monoisotopic (exact) mass is 306 g/mol. The maximum atomic E-state index is 11.1. The van der Waals surface area contributed by atoms with Crippen molar-refractivity contribution in [3.8, 4) is 0 Å². The molecule has 0 aliphatic carbocycles. The van der Waals surface area contributed by atoms with Crippen molar-refractivity contribution in [3.63, 3.8) is 0 Å². The number of aliphatic carboxylic acids is 1. The third kappa shape index (κ3) is 4.96. The molecule has 0 radical (unpaired) electrons. The van der Waals surface area contributed by atoms with Crippen LogP contribution in [0.4, 0.5) is 0 Å². The lowest BCUT2D eigenvalue weighted by Gasteiger charge is -2.19. The van der Waals surface area contributed by atoms with Gasteiger partial charge in [0.2, 0.25) is 0 Å². The summed E-state index contributed by atoms with van der Waals surface area (Å²) in [6.45, 7) is 6.47. The van der Waals surface area contributed by atoms with Crippen molar-refractivity contribution in [1.29, 1.82) is 0 Å². The van der Waals surface area contributed by atoms with Crippen LogP contribution >= 0.6 is 0 Å². The first kappa shape index (κ1) is 16.8. The lowest BCUT2D eigenvalue weighted by molar-refractivity contribution is -0.131. The Morgan fingerprint density at radius 1 is 0.957 bits per heavy atom. The van der Waals surface area contributed by atoms with Gasteiger partial charge in [0.05, 0.1) is 0 Å². The summed E-state index contributed by atoms with van der Waals surface area (Å²) in [6, 6.07) is 17.9. The zero-order valence-corrected chi connectivity index (χ0v) is 13.8. The molecule has 0 aliphatic rings. The van der Waals surface area contributed by atoms with Crippen molar-refractivity contribution in [3.05, 3.63) is 83.4 Å². The molecule has 1 N–H and O–H groups in total. The molecule has 0 heterocycles. The summed E-state index contributed by atoms with van der Waals surface area (Å²) in [7, 11) is 0. The van der Waals surface area contributed by atoms with Crippen LogP contribution in [0.2, 0.25) is 0 Å². The second-order valence-corrected chi connectivity index (χ2v) is 6.51. The van der Waals surface area contributed by atoms with Crippen LogP contribution in [0.3, 0.4) is 0 Å². The Morgan fingerprint density at radius 3 is 2.09 bits per heavy atom. The molecule has 2 heteroatoms. The Balaban J connectivity index is 2.33. The summed E-state index contributed by atoms with van der Waals surface area (Å²) in [5.74, 6) is -0.947. The van der Waals surface area contributed by atoms with E-state index in [-0.39, 0.29) is 5.41 Å². The number of benzene rings is 2. The Hall–Kier alpha value is -2.61. The molecule has 2 rings (SSSR count). The van der Waals surface area contributed by atoms with E-state index in [9.17, 15) is 4.79 Å². The first-order chi connectivity index (χ1) is 10.9. The highest BCUT2D eigenvalue weighted by atomic mass is 16.4. The topological polar surface area (TPSA) is 37.3 Å². The lowest BCUT2D eigenvalue weighted by Crippen LogP contribution is -2.10. The summed E-state index contributed by atoms with van der Waals surface area (Å²) in [4.78, 5) is 11.1. The molecule has 0 fully saturated rings. The van der Waals surface area contributed by atoms with Gasteiger partial charge < -0.3 is 5.11 Å². The fraction of sp³-hybridized carbons (Fsp3) is 0.190. The van der Waals surface area contributed by atoms with Crippen LogP contribution in [0.15, 0.2) is 66.7 Å². The number of rotatable bonds is 4. The summed E-state index contributed by atoms with van der Waals surface area (Å²) in [5.41, 5.74) is 3.92. The number of carboxylic acid groups (broad SMARTS) is 1. The first-order valence-corrected chi connectivity index (χ1v) is 7.65. The molecule has 0 atom stereocenters. The molecule has 0 saturated heterocycles. The van der Waals surface area contributed by atoms with Gasteiger partial charge >= 0.3 is 5.97 Å². The van der Waals surface area contributed by atoms with Crippen molar-refractivity contribution < 1.29 is 9.90 Å². The third-order valence-corrected chi connectivity index (χ3v) is 3.62. The predicted octanol–water partition coefficient (Wildman–Crippen LogP) is 5.17. The van der Waals surface area contributed by atoms with Gasteiger partial charge in [0.1, 0.15) is 0 Å². The molecular formula is C21H22O2. The van der Waals surface area contributed by atoms with E-state index in [1.165, 1.54) is 11.6 Å². The molecule has 0 bridgehead atoms. The Labute approximate surface area is 137 Å². The van der Waals surface area contributed by atoms with E-state index < -0.39 is 5.97 Å². The van der Waals surface area contributed by atoms with Crippen LogP contribution in [-0.4, -0.2) is 11.1 Å². The summed E-state index contributed by atoms with van der Waals surface area (Å²) < 4.78 is 0. The molecule has 0 unspecified atom stereocenters. The van der Waals surface area contributed by atoms with Crippen LogP contribution < -0.4 is 0 Å². The lowest BCUT2D eigenvalue weighted by atomic mass is 9.86. The molecule has 0 aromatic heterocycles. The molecular weight excluding hydrogens is 284 g/mol. The number of hydrogen-bond acceptors (Lipinski definition) is 1. The molecule has 2 aromatic rings. The Kier molecular flexibility index (Phi) is 5.17. The van der Waals surface area contributed by atoms with E-state index in [0.717, 1.165) is 11.1 Å². The molecule has 118 valence electrons. The van der Waals surface area contributed by atoms with Crippen LogP contribution in [-0.2, 0) is 10.2 Å². The van der Waals surface area contributed by atoms with Crippen molar-refractivity contribution in [1.82, 2.24) is 0 Å². The molecule has 2 nitrogen and oxygen atoms in total. The van der Waals surface area contributed by atoms with Gasteiger partial charge in [-0.2, -0.15) is 0 Å². The number of carboxylic acids is 1. The largest absolute Gasteiger partial charge is 0.478 e. The van der Waals surface area contributed by atoms with E-state index in [4.69, 9.17) is 5.11 Å². The standard InChI is InChI=1S/C21H22O2/c1-21(2,3)19-13-11-17(12-14-19)18(15-20(22)23)10-9-16-7-5-4-6-8-16/h4-15H,1-3H3,(H,22,23)/b10-9+,18-15-. The molecule has 2 aromatic carbocycles. The Bertz CT molecular complexity index is 715. The second-order valence-electron chi connectivity index (χ2n) is 6.51. The summed E-state index contributed by atoms with van der Waals surface area (Å²) in [5, 5.41) is 9.12. The average molecular weight is 306 g/mol. The second kappa shape index (κ2) is 7.10. The fourth-order valence-electron chi connectivity index (χ4n) is 2.27. The highest BCUT2D eigenvalue weighted by Crippen LogP contribution is 2.25. The van der Waals surface area contributed by atoms with E-state index in [2.05, 4.69) is 32.9 Å². The van der Waals surface area contributed by atoms with Crippen molar-refractivity contribution >= 4 is 17.6 Å². The highest BCUT2D eigenvalue weighted by Gasteiger charge is 2.13. The highest BCUT2D eigenvalue weighted by molar-refractivity contribution is 5.94. The van der Waals surface area contributed by atoms with Crippen LogP contribution in [0.1, 0.15) is 37.5 Å². The van der Waals surface area contributed by atoms with Crippen molar-refractivity contribution in [2.75, 3.05) is 0 Å². The first-order valence-electron chi connectivity index (χ1n) is 7.65. The minimum Gasteiger partial charge on any atom is -0.478 e. The molecule has 0 saturated carbocycles. The zero-order valence-electron chi connectivity index (χ0n) is 13.8. The number of carbonyl (C=O) groups is 1. The molecule has 0 spiro atoms. The Morgan fingerprint density at radius 2 is 1.57 bits per heavy atom. The van der Waals surface area contributed by atoms with Crippen LogP contribution in [0.25, 0.3) is 11.6 Å².